The second kappa shape index (κ2) is 7.98. The highest BCUT2D eigenvalue weighted by Gasteiger charge is 2.13. The second-order valence-electron chi connectivity index (χ2n) is 6.12. The molecule has 0 fully saturated rings. The monoisotopic (exact) mass is 385 g/mol. The highest BCUT2D eigenvalue weighted by Crippen LogP contribution is 2.31. The first kappa shape index (κ1) is 18.5. The molecule has 0 aliphatic rings. The van der Waals surface area contributed by atoms with Gasteiger partial charge in [0.15, 0.2) is 5.82 Å². The summed E-state index contributed by atoms with van der Waals surface area (Å²) in [5.74, 6) is 1.63. The number of ketones is 1. The van der Waals surface area contributed by atoms with E-state index in [0.29, 0.717) is 12.2 Å². The van der Waals surface area contributed by atoms with Gasteiger partial charge in [0.05, 0.1) is 9.21 Å². The Bertz CT molecular complexity index is 935. The van der Waals surface area contributed by atoms with Crippen LogP contribution in [0.3, 0.4) is 0 Å². The second-order valence-corrected chi connectivity index (χ2v) is 7.83. The Hall–Kier alpha value is -2.24. The number of benzene rings is 1. The van der Waals surface area contributed by atoms with Gasteiger partial charge in [-0.2, -0.15) is 0 Å². The molecule has 0 spiro atoms. The fraction of sp³-hybridized carbons (Fsp3) is 0.250. The van der Waals surface area contributed by atoms with Crippen molar-refractivity contribution in [1.82, 2.24) is 9.97 Å². The summed E-state index contributed by atoms with van der Waals surface area (Å²) in [6, 6.07) is 11.7. The maximum Gasteiger partial charge on any atom is 0.171 e. The van der Waals surface area contributed by atoms with Crippen molar-refractivity contribution in [3.63, 3.8) is 0 Å². The summed E-state index contributed by atoms with van der Waals surface area (Å²) in [7, 11) is 0. The predicted molar refractivity (Wildman–Crippen MR) is 109 cm³/mol. The van der Waals surface area contributed by atoms with E-state index in [2.05, 4.69) is 17.2 Å². The number of anilines is 2. The number of thiophene rings is 1. The Kier molecular flexibility index (Phi) is 5.69. The summed E-state index contributed by atoms with van der Waals surface area (Å²) in [5.41, 5.74) is 3.98. The van der Waals surface area contributed by atoms with Crippen molar-refractivity contribution in [3.8, 4) is 10.7 Å². The van der Waals surface area contributed by atoms with Crippen molar-refractivity contribution in [2.24, 2.45) is 0 Å². The molecular weight excluding hydrogens is 366 g/mol. The minimum atomic E-state index is 0.157. The standard InChI is InChI=1S/C20H20ClN3OS/c1-4-16-13(3)22-20(17-9-10-18(21)26-17)24-19(16)23-15-7-5-14(6-8-15)11-12(2)25/h5-10H,4,11H2,1-3H3,(H,22,23,24). The van der Waals surface area contributed by atoms with E-state index in [-0.39, 0.29) is 5.78 Å². The SMILES string of the molecule is CCc1c(C)nc(-c2ccc(Cl)s2)nc1Nc1ccc(CC(C)=O)cc1. The molecule has 134 valence electrons. The Morgan fingerprint density at radius 1 is 1.15 bits per heavy atom. The first-order valence-corrected chi connectivity index (χ1v) is 9.64. The van der Waals surface area contributed by atoms with Gasteiger partial charge in [-0.25, -0.2) is 9.97 Å². The van der Waals surface area contributed by atoms with Gasteiger partial charge in [0.2, 0.25) is 0 Å². The average Bonchev–Trinajstić information content (AvgIpc) is 3.02. The molecular formula is C20H20ClN3OS. The molecule has 1 N–H and O–H groups in total. The van der Waals surface area contributed by atoms with Crippen molar-refractivity contribution < 1.29 is 4.79 Å². The van der Waals surface area contributed by atoms with Crippen LogP contribution in [0.1, 0.15) is 30.7 Å². The number of carbonyl (C=O) groups excluding carboxylic acids is 1. The summed E-state index contributed by atoms with van der Waals surface area (Å²) in [4.78, 5) is 21.6. The van der Waals surface area contributed by atoms with Gasteiger partial charge in [0.25, 0.3) is 0 Å². The molecule has 2 aromatic heterocycles. The van der Waals surface area contributed by atoms with Gasteiger partial charge >= 0.3 is 0 Å². The van der Waals surface area contributed by atoms with Gasteiger partial charge < -0.3 is 5.32 Å². The molecule has 6 heteroatoms. The van der Waals surface area contributed by atoms with Gasteiger partial charge in [-0.3, -0.25) is 4.79 Å². The van der Waals surface area contributed by atoms with Crippen molar-refractivity contribution in [2.75, 3.05) is 5.32 Å². The van der Waals surface area contributed by atoms with Gasteiger partial charge in [0.1, 0.15) is 11.6 Å². The molecule has 0 aliphatic carbocycles. The molecule has 0 amide bonds. The minimum Gasteiger partial charge on any atom is -0.340 e. The Labute approximate surface area is 162 Å². The van der Waals surface area contributed by atoms with Crippen LogP contribution in [0.5, 0.6) is 0 Å². The van der Waals surface area contributed by atoms with E-state index in [0.717, 1.165) is 44.0 Å². The van der Waals surface area contributed by atoms with Crippen LogP contribution >= 0.6 is 22.9 Å². The van der Waals surface area contributed by atoms with Gasteiger partial charge in [-0.05, 0) is 50.1 Å². The lowest BCUT2D eigenvalue weighted by Crippen LogP contribution is -2.05. The number of hydrogen-bond donors (Lipinski definition) is 1. The lowest BCUT2D eigenvalue weighted by Gasteiger charge is -2.14. The van der Waals surface area contributed by atoms with E-state index >= 15 is 0 Å². The molecule has 0 unspecified atom stereocenters. The summed E-state index contributed by atoms with van der Waals surface area (Å²) in [5, 5.41) is 3.40. The van der Waals surface area contributed by atoms with Gasteiger partial charge in [-0.1, -0.05) is 30.7 Å². The van der Waals surface area contributed by atoms with E-state index in [1.807, 2.05) is 43.3 Å². The predicted octanol–water partition coefficient (Wildman–Crippen LogP) is 5.60. The molecule has 3 rings (SSSR count). The van der Waals surface area contributed by atoms with Crippen molar-refractivity contribution >= 4 is 40.2 Å². The van der Waals surface area contributed by atoms with Crippen molar-refractivity contribution in [1.29, 1.82) is 0 Å². The molecule has 4 nitrogen and oxygen atoms in total. The summed E-state index contributed by atoms with van der Waals surface area (Å²) in [6.45, 7) is 5.69. The molecule has 0 saturated carbocycles. The Morgan fingerprint density at radius 3 is 2.46 bits per heavy atom. The number of nitrogens with zero attached hydrogens (tertiary/aromatic N) is 2. The van der Waals surface area contributed by atoms with E-state index in [4.69, 9.17) is 16.6 Å². The number of aromatic nitrogens is 2. The molecule has 1 aromatic carbocycles. The topological polar surface area (TPSA) is 54.9 Å². The van der Waals surface area contributed by atoms with Crippen LogP contribution in [0.4, 0.5) is 11.5 Å². The number of aryl methyl sites for hydroxylation is 1. The molecule has 2 heterocycles. The first-order chi connectivity index (χ1) is 12.5. The molecule has 26 heavy (non-hydrogen) atoms. The number of halogens is 1. The zero-order valence-corrected chi connectivity index (χ0v) is 16.5. The summed E-state index contributed by atoms with van der Waals surface area (Å²) in [6.07, 6.45) is 1.29. The van der Waals surface area contributed by atoms with Gasteiger partial charge in [0, 0.05) is 23.4 Å². The lowest BCUT2D eigenvalue weighted by atomic mass is 10.1. The molecule has 0 saturated heterocycles. The lowest BCUT2D eigenvalue weighted by molar-refractivity contribution is -0.116. The van der Waals surface area contributed by atoms with E-state index in [1.165, 1.54) is 11.3 Å². The van der Waals surface area contributed by atoms with Crippen LogP contribution in [0.25, 0.3) is 10.7 Å². The summed E-state index contributed by atoms with van der Waals surface area (Å²) < 4.78 is 0.719. The maximum atomic E-state index is 11.2. The van der Waals surface area contributed by atoms with Gasteiger partial charge in [-0.15, -0.1) is 11.3 Å². The fourth-order valence-corrected chi connectivity index (χ4v) is 3.77. The third-order valence-electron chi connectivity index (χ3n) is 4.03. The van der Waals surface area contributed by atoms with E-state index in [9.17, 15) is 4.79 Å². The average molecular weight is 386 g/mol. The van der Waals surface area contributed by atoms with Crippen LogP contribution in [-0.2, 0) is 17.6 Å². The maximum absolute atomic E-state index is 11.2. The third kappa shape index (κ3) is 4.29. The first-order valence-electron chi connectivity index (χ1n) is 8.45. The number of nitrogens with one attached hydrogen (secondary N) is 1. The Morgan fingerprint density at radius 2 is 1.88 bits per heavy atom. The molecule has 0 aliphatic heterocycles. The minimum absolute atomic E-state index is 0.157. The van der Waals surface area contributed by atoms with Crippen LogP contribution in [0, 0.1) is 6.92 Å². The molecule has 0 radical (unpaired) electrons. The summed E-state index contributed by atoms with van der Waals surface area (Å²) >= 11 is 7.52. The van der Waals surface area contributed by atoms with E-state index in [1.54, 1.807) is 6.92 Å². The highest BCUT2D eigenvalue weighted by atomic mass is 35.5. The van der Waals surface area contributed by atoms with Crippen LogP contribution < -0.4 is 5.32 Å². The van der Waals surface area contributed by atoms with Crippen LogP contribution in [-0.4, -0.2) is 15.8 Å². The van der Waals surface area contributed by atoms with Crippen LogP contribution in [0.2, 0.25) is 4.34 Å². The van der Waals surface area contributed by atoms with Crippen molar-refractivity contribution in [2.45, 2.75) is 33.6 Å². The van der Waals surface area contributed by atoms with Crippen LogP contribution in [0.15, 0.2) is 36.4 Å². The number of Topliss-reactive ketones (excluding diaryl/α,β-unsaturated/α-hetero) is 1. The number of hydrogen-bond acceptors (Lipinski definition) is 5. The molecule has 0 atom stereocenters. The number of rotatable bonds is 6. The normalized spacial score (nSPS) is 10.8. The van der Waals surface area contributed by atoms with Crippen molar-refractivity contribution in [3.05, 3.63) is 57.6 Å². The Balaban J connectivity index is 1.92. The fourth-order valence-electron chi connectivity index (χ4n) is 2.80. The highest BCUT2D eigenvalue weighted by molar-refractivity contribution is 7.19. The third-order valence-corrected chi connectivity index (χ3v) is 5.26. The smallest absolute Gasteiger partial charge is 0.171 e. The zero-order valence-electron chi connectivity index (χ0n) is 15.0. The largest absolute Gasteiger partial charge is 0.340 e. The van der Waals surface area contributed by atoms with E-state index < -0.39 is 0 Å². The number of carbonyl (C=O) groups is 1. The zero-order chi connectivity index (χ0) is 18.7. The molecule has 0 bridgehead atoms. The molecule has 3 aromatic rings. The quantitative estimate of drug-likeness (QED) is 0.599.